The lowest BCUT2D eigenvalue weighted by Gasteiger charge is -2.55. The van der Waals surface area contributed by atoms with Gasteiger partial charge in [0.25, 0.3) is 5.89 Å². The summed E-state index contributed by atoms with van der Waals surface area (Å²) in [6, 6.07) is 1.89. The summed E-state index contributed by atoms with van der Waals surface area (Å²) in [7, 11) is 0. The number of furan rings is 1. The standard InChI is InChI=1S/C17H21N3O2.ClH/c18-8-14-4-13(9-21-14)15-19-16(20-22-15)17-5-10-1-11(6-17)3-12(2-10)7-17;/h4,9-12H,1-3,5-8,18H2;1H. The van der Waals surface area contributed by atoms with E-state index < -0.39 is 0 Å². The minimum Gasteiger partial charge on any atom is -0.467 e. The zero-order valence-electron chi connectivity index (χ0n) is 13.0. The molecule has 6 rings (SSSR count). The van der Waals surface area contributed by atoms with Crippen LogP contribution in [0.25, 0.3) is 11.5 Å². The second-order valence-electron chi connectivity index (χ2n) is 7.63. The van der Waals surface area contributed by atoms with E-state index in [2.05, 4.69) is 5.16 Å². The molecule has 4 saturated carbocycles. The van der Waals surface area contributed by atoms with Crippen LogP contribution in [0.5, 0.6) is 0 Å². The zero-order chi connectivity index (χ0) is 14.7. The van der Waals surface area contributed by atoms with Crippen LogP contribution < -0.4 is 5.73 Å². The molecule has 0 aliphatic heterocycles. The van der Waals surface area contributed by atoms with Crippen molar-refractivity contribution in [2.45, 2.75) is 50.5 Å². The lowest BCUT2D eigenvalue weighted by atomic mass is 9.49. The van der Waals surface area contributed by atoms with Crippen molar-refractivity contribution >= 4 is 12.4 Å². The Kier molecular flexibility index (Phi) is 3.54. The molecule has 6 heteroatoms. The van der Waals surface area contributed by atoms with Gasteiger partial charge < -0.3 is 14.7 Å². The third-order valence-electron chi connectivity index (χ3n) is 6.04. The van der Waals surface area contributed by atoms with Crippen molar-refractivity contribution in [2.24, 2.45) is 23.5 Å². The molecule has 0 aromatic carbocycles. The van der Waals surface area contributed by atoms with E-state index in [4.69, 9.17) is 19.7 Å². The minimum absolute atomic E-state index is 0. The van der Waals surface area contributed by atoms with E-state index in [-0.39, 0.29) is 17.8 Å². The molecule has 0 amide bonds. The number of nitrogens with zero attached hydrogens (tertiary/aromatic N) is 2. The maximum Gasteiger partial charge on any atom is 0.261 e. The van der Waals surface area contributed by atoms with Crippen molar-refractivity contribution in [3.63, 3.8) is 0 Å². The number of hydrogen-bond donors (Lipinski definition) is 1. The lowest BCUT2D eigenvalue weighted by Crippen LogP contribution is -2.49. The van der Waals surface area contributed by atoms with Crippen LogP contribution in [0.3, 0.4) is 0 Å². The van der Waals surface area contributed by atoms with Crippen LogP contribution in [0.15, 0.2) is 21.3 Å². The van der Waals surface area contributed by atoms with Gasteiger partial charge in [-0.2, -0.15) is 4.98 Å². The molecule has 2 aromatic rings. The molecule has 4 bridgehead atoms. The third-order valence-corrected chi connectivity index (χ3v) is 6.04. The number of aromatic nitrogens is 2. The van der Waals surface area contributed by atoms with Crippen LogP contribution in [-0.4, -0.2) is 10.1 Å². The van der Waals surface area contributed by atoms with Gasteiger partial charge in [0.1, 0.15) is 12.0 Å². The molecule has 124 valence electrons. The highest BCUT2D eigenvalue weighted by Gasteiger charge is 2.53. The van der Waals surface area contributed by atoms with Crippen molar-refractivity contribution < 1.29 is 8.94 Å². The SMILES string of the molecule is Cl.NCc1cc(-c2nc(C34CC5CC(CC(C5)C3)C4)no2)co1. The van der Waals surface area contributed by atoms with E-state index in [0.717, 1.165) is 34.9 Å². The number of rotatable bonds is 3. The quantitative estimate of drug-likeness (QED) is 0.925. The van der Waals surface area contributed by atoms with Crippen LogP contribution in [0.2, 0.25) is 0 Å². The number of halogens is 1. The third kappa shape index (κ3) is 2.32. The zero-order valence-corrected chi connectivity index (χ0v) is 13.8. The molecule has 4 aliphatic rings. The average Bonchev–Trinajstić information content (AvgIpc) is 3.15. The Balaban J connectivity index is 0.00000135. The monoisotopic (exact) mass is 335 g/mol. The first-order chi connectivity index (χ1) is 10.7. The van der Waals surface area contributed by atoms with Crippen LogP contribution in [0.1, 0.15) is 50.1 Å². The molecule has 0 spiro atoms. The van der Waals surface area contributed by atoms with Gasteiger partial charge in [-0.1, -0.05) is 5.16 Å². The Bertz CT molecular complexity index is 673. The van der Waals surface area contributed by atoms with Crippen LogP contribution >= 0.6 is 12.4 Å². The molecule has 0 saturated heterocycles. The summed E-state index contributed by atoms with van der Waals surface area (Å²) in [4.78, 5) is 4.74. The predicted octanol–water partition coefficient (Wildman–Crippen LogP) is 3.68. The molecule has 5 nitrogen and oxygen atoms in total. The maximum absolute atomic E-state index is 5.59. The molecule has 0 unspecified atom stereocenters. The maximum atomic E-state index is 5.59. The van der Waals surface area contributed by atoms with Crippen molar-refractivity contribution in [3.8, 4) is 11.5 Å². The molecular weight excluding hydrogens is 314 g/mol. The first kappa shape index (κ1) is 15.2. The highest BCUT2D eigenvalue weighted by atomic mass is 35.5. The van der Waals surface area contributed by atoms with Crippen molar-refractivity contribution in [2.75, 3.05) is 0 Å². The Morgan fingerprint density at radius 2 is 1.78 bits per heavy atom. The summed E-state index contributed by atoms with van der Waals surface area (Å²) >= 11 is 0. The summed E-state index contributed by atoms with van der Waals surface area (Å²) in [5, 5.41) is 4.36. The normalized spacial score (nSPS) is 34.6. The fraction of sp³-hybridized carbons (Fsp3) is 0.647. The number of hydrogen-bond acceptors (Lipinski definition) is 5. The van der Waals surface area contributed by atoms with Gasteiger partial charge in [0, 0.05) is 5.41 Å². The highest BCUT2D eigenvalue weighted by molar-refractivity contribution is 5.85. The molecule has 2 heterocycles. The van der Waals surface area contributed by atoms with E-state index in [0.29, 0.717) is 12.4 Å². The largest absolute Gasteiger partial charge is 0.467 e. The topological polar surface area (TPSA) is 78.1 Å². The molecule has 2 aromatic heterocycles. The molecule has 0 radical (unpaired) electrons. The van der Waals surface area contributed by atoms with Crippen molar-refractivity contribution in [1.82, 2.24) is 10.1 Å². The molecule has 2 N–H and O–H groups in total. The second-order valence-corrected chi connectivity index (χ2v) is 7.63. The summed E-state index contributed by atoms with van der Waals surface area (Å²) < 4.78 is 10.9. The van der Waals surface area contributed by atoms with Gasteiger partial charge in [0.05, 0.1) is 12.1 Å². The first-order valence-corrected chi connectivity index (χ1v) is 8.36. The Labute approximate surface area is 141 Å². The predicted molar refractivity (Wildman–Crippen MR) is 87.0 cm³/mol. The first-order valence-electron chi connectivity index (χ1n) is 8.36. The molecule has 23 heavy (non-hydrogen) atoms. The number of nitrogens with two attached hydrogens (primary N) is 1. The van der Waals surface area contributed by atoms with Crippen LogP contribution in [0, 0.1) is 17.8 Å². The fourth-order valence-electron chi connectivity index (χ4n) is 5.54. The lowest BCUT2D eigenvalue weighted by molar-refractivity contribution is -0.0103. The van der Waals surface area contributed by atoms with E-state index in [9.17, 15) is 0 Å². The van der Waals surface area contributed by atoms with E-state index in [1.54, 1.807) is 6.26 Å². The van der Waals surface area contributed by atoms with Gasteiger partial charge in [0.2, 0.25) is 0 Å². The van der Waals surface area contributed by atoms with E-state index in [1.165, 1.54) is 38.5 Å². The Morgan fingerprint density at radius 1 is 1.13 bits per heavy atom. The summed E-state index contributed by atoms with van der Waals surface area (Å²) in [6.07, 6.45) is 9.66. The van der Waals surface area contributed by atoms with Gasteiger partial charge in [-0.05, 0) is 62.3 Å². The Morgan fingerprint density at radius 3 is 2.35 bits per heavy atom. The summed E-state index contributed by atoms with van der Waals surface area (Å²) in [6.45, 7) is 0.385. The van der Waals surface area contributed by atoms with Gasteiger partial charge in [-0.15, -0.1) is 12.4 Å². The minimum atomic E-state index is 0. The van der Waals surface area contributed by atoms with Gasteiger partial charge in [-0.3, -0.25) is 0 Å². The van der Waals surface area contributed by atoms with Gasteiger partial charge in [-0.25, -0.2) is 0 Å². The molecule has 4 fully saturated rings. The van der Waals surface area contributed by atoms with Gasteiger partial charge in [0.15, 0.2) is 5.82 Å². The smallest absolute Gasteiger partial charge is 0.261 e. The van der Waals surface area contributed by atoms with E-state index in [1.807, 2.05) is 6.07 Å². The molecular formula is C17H22ClN3O2. The fourth-order valence-corrected chi connectivity index (χ4v) is 5.54. The van der Waals surface area contributed by atoms with E-state index >= 15 is 0 Å². The Hall–Kier alpha value is -1.33. The summed E-state index contributed by atoms with van der Waals surface area (Å²) in [5.74, 6) is 4.87. The van der Waals surface area contributed by atoms with Crippen LogP contribution in [-0.2, 0) is 12.0 Å². The average molecular weight is 336 g/mol. The van der Waals surface area contributed by atoms with Crippen LogP contribution in [0.4, 0.5) is 0 Å². The highest BCUT2D eigenvalue weighted by Crippen LogP contribution is 2.60. The van der Waals surface area contributed by atoms with Crippen molar-refractivity contribution in [3.05, 3.63) is 23.9 Å². The second kappa shape index (κ2) is 5.35. The molecule has 0 atom stereocenters. The summed E-state index contributed by atoms with van der Waals surface area (Å²) in [5.41, 5.74) is 6.60. The molecule has 4 aliphatic carbocycles. The van der Waals surface area contributed by atoms with Crippen molar-refractivity contribution in [1.29, 1.82) is 0 Å². The van der Waals surface area contributed by atoms with Gasteiger partial charge >= 0.3 is 0 Å².